The van der Waals surface area contributed by atoms with Crippen molar-refractivity contribution in [2.45, 2.75) is 13.5 Å². The first-order valence-electron chi connectivity index (χ1n) is 7.85. The molecule has 0 unspecified atom stereocenters. The largest absolute Gasteiger partial charge is 0.329 e. The monoisotopic (exact) mass is 350 g/mol. The fourth-order valence-corrected chi connectivity index (χ4v) is 2.77. The topological polar surface area (TPSA) is 126 Å². The molecule has 0 radical (unpaired) electrons. The Morgan fingerprint density at radius 3 is 2.88 bits per heavy atom. The van der Waals surface area contributed by atoms with Crippen molar-refractivity contribution in [3.8, 4) is 0 Å². The van der Waals surface area contributed by atoms with E-state index in [0.29, 0.717) is 22.2 Å². The molecule has 4 rings (SSSR count). The summed E-state index contributed by atoms with van der Waals surface area (Å²) in [5, 5.41) is 10.6. The van der Waals surface area contributed by atoms with Crippen molar-refractivity contribution in [2.75, 3.05) is 5.32 Å². The number of fused-ring (bicyclic) bond motifs is 2. The summed E-state index contributed by atoms with van der Waals surface area (Å²) in [6.45, 7) is 1.44. The molecule has 9 heteroatoms. The number of carbonyl (C=O) groups is 1. The van der Waals surface area contributed by atoms with Crippen molar-refractivity contribution in [3.63, 3.8) is 0 Å². The van der Waals surface area contributed by atoms with Crippen molar-refractivity contribution >= 4 is 33.5 Å². The van der Waals surface area contributed by atoms with Crippen molar-refractivity contribution in [1.82, 2.24) is 24.7 Å². The second-order valence-electron chi connectivity index (χ2n) is 5.86. The van der Waals surface area contributed by atoms with Crippen LogP contribution >= 0.6 is 0 Å². The molecule has 0 saturated carbocycles. The van der Waals surface area contributed by atoms with Gasteiger partial charge in [-0.15, -0.1) is 0 Å². The zero-order valence-electron chi connectivity index (χ0n) is 13.7. The quantitative estimate of drug-likeness (QED) is 0.506. The lowest BCUT2D eigenvalue weighted by molar-refractivity contribution is -0.116. The van der Waals surface area contributed by atoms with Gasteiger partial charge in [-0.3, -0.25) is 19.3 Å². The number of anilines is 1. The molecule has 0 fully saturated rings. The van der Waals surface area contributed by atoms with Crippen LogP contribution in [-0.2, 0) is 11.3 Å². The van der Waals surface area contributed by atoms with Crippen LogP contribution in [0.25, 0.3) is 21.9 Å². The van der Waals surface area contributed by atoms with Gasteiger partial charge in [0.05, 0.1) is 22.8 Å². The van der Waals surface area contributed by atoms with Crippen LogP contribution in [0.3, 0.4) is 0 Å². The molecular formula is C17H14N6O3. The highest BCUT2D eigenvalue weighted by atomic mass is 16.2. The van der Waals surface area contributed by atoms with Gasteiger partial charge in [-0.2, -0.15) is 5.10 Å². The van der Waals surface area contributed by atoms with Crippen LogP contribution in [0.5, 0.6) is 0 Å². The lowest BCUT2D eigenvalue weighted by Gasteiger charge is -2.07. The summed E-state index contributed by atoms with van der Waals surface area (Å²) >= 11 is 0. The molecule has 1 aromatic carbocycles. The van der Waals surface area contributed by atoms with Crippen molar-refractivity contribution in [2.24, 2.45) is 0 Å². The van der Waals surface area contributed by atoms with Crippen molar-refractivity contribution < 1.29 is 4.79 Å². The lowest BCUT2D eigenvalue weighted by atomic mass is 10.2. The molecule has 9 nitrogen and oxygen atoms in total. The molecule has 0 saturated heterocycles. The molecule has 0 aliphatic carbocycles. The van der Waals surface area contributed by atoms with Gasteiger partial charge in [-0.05, 0) is 25.1 Å². The Morgan fingerprint density at radius 1 is 1.23 bits per heavy atom. The zero-order valence-corrected chi connectivity index (χ0v) is 13.7. The first-order chi connectivity index (χ1) is 12.5. The van der Waals surface area contributed by atoms with E-state index < -0.39 is 23.7 Å². The molecule has 4 aromatic rings. The Bertz CT molecular complexity index is 1270. The molecule has 26 heavy (non-hydrogen) atoms. The van der Waals surface area contributed by atoms with Gasteiger partial charge in [0.2, 0.25) is 5.91 Å². The highest BCUT2D eigenvalue weighted by Crippen LogP contribution is 2.17. The average Bonchev–Trinajstić information content (AvgIpc) is 2.99. The number of benzene rings is 1. The molecular weight excluding hydrogens is 336 g/mol. The Kier molecular flexibility index (Phi) is 3.61. The minimum atomic E-state index is -0.636. The maximum absolute atomic E-state index is 12.5. The highest BCUT2D eigenvalue weighted by Gasteiger charge is 2.12. The number of aromatic nitrogens is 5. The van der Waals surface area contributed by atoms with E-state index in [2.05, 4.69) is 25.5 Å². The third kappa shape index (κ3) is 2.65. The number of H-pyrrole nitrogens is 2. The third-order valence-corrected chi connectivity index (χ3v) is 4.08. The first-order valence-corrected chi connectivity index (χ1v) is 7.85. The Labute approximate surface area is 145 Å². The molecule has 3 aromatic heterocycles. The van der Waals surface area contributed by atoms with Gasteiger partial charge < -0.3 is 10.3 Å². The summed E-state index contributed by atoms with van der Waals surface area (Å²) in [4.78, 5) is 43.6. The number of hydrogen-bond acceptors (Lipinski definition) is 5. The van der Waals surface area contributed by atoms with Gasteiger partial charge in [0, 0.05) is 11.1 Å². The van der Waals surface area contributed by atoms with Gasteiger partial charge in [-0.25, -0.2) is 9.78 Å². The number of aryl methyl sites for hydroxylation is 1. The van der Waals surface area contributed by atoms with Crippen LogP contribution in [0.1, 0.15) is 5.69 Å². The number of amides is 1. The molecule has 0 aliphatic rings. The SMILES string of the molecule is Cc1[nH]nc2ncc(NC(=O)Cn3c(=O)[nH]c4ccccc4c3=O)cc12. The summed E-state index contributed by atoms with van der Waals surface area (Å²) in [5.74, 6) is -0.504. The smallest absolute Gasteiger partial charge is 0.323 e. The summed E-state index contributed by atoms with van der Waals surface area (Å²) in [7, 11) is 0. The molecule has 3 N–H and O–H groups in total. The average molecular weight is 350 g/mol. The van der Waals surface area contributed by atoms with Crippen molar-refractivity contribution in [3.05, 3.63) is 63.1 Å². The van der Waals surface area contributed by atoms with Gasteiger partial charge in [0.15, 0.2) is 5.65 Å². The summed E-state index contributed by atoms with van der Waals surface area (Å²) in [5.41, 5.74) is 1.11. The second-order valence-corrected chi connectivity index (χ2v) is 5.86. The van der Waals surface area contributed by atoms with Crippen LogP contribution in [0.2, 0.25) is 0 Å². The Morgan fingerprint density at radius 2 is 2.04 bits per heavy atom. The molecule has 3 heterocycles. The Balaban J connectivity index is 1.63. The molecule has 1 amide bonds. The minimum absolute atomic E-state index is 0.344. The normalized spacial score (nSPS) is 11.1. The van der Waals surface area contributed by atoms with Crippen molar-refractivity contribution in [1.29, 1.82) is 0 Å². The fraction of sp³-hybridized carbons (Fsp3) is 0.118. The molecule has 0 atom stereocenters. The van der Waals surface area contributed by atoms with E-state index in [1.807, 2.05) is 6.92 Å². The van der Waals surface area contributed by atoms with Crippen LogP contribution in [0.4, 0.5) is 5.69 Å². The summed E-state index contributed by atoms with van der Waals surface area (Å²) in [6.07, 6.45) is 1.47. The lowest BCUT2D eigenvalue weighted by Crippen LogP contribution is -2.38. The van der Waals surface area contributed by atoms with Gasteiger partial charge in [0.25, 0.3) is 5.56 Å². The standard InChI is InChI=1S/C17H14N6O3/c1-9-12-6-10(7-18-15(12)22-21-9)19-14(24)8-23-16(25)11-4-2-3-5-13(11)20-17(23)26/h2-7H,8H2,1H3,(H,19,24)(H,20,26)(H,18,21,22). The molecule has 0 aliphatic heterocycles. The summed E-state index contributed by atoms with van der Waals surface area (Å²) < 4.78 is 0.868. The molecule has 0 spiro atoms. The van der Waals surface area contributed by atoms with Crippen LogP contribution in [0.15, 0.2) is 46.1 Å². The van der Waals surface area contributed by atoms with E-state index in [4.69, 9.17) is 0 Å². The number of para-hydroxylation sites is 1. The zero-order chi connectivity index (χ0) is 18.3. The van der Waals surface area contributed by atoms with Gasteiger partial charge in [-0.1, -0.05) is 12.1 Å². The van der Waals surface area contributed by atoms with Gasteiger partial charge >= 0.3 is 5.69 Å². The van der Waals surface area contributed by atoms with Crippen LogP contribution in [0, 0.1) is 6.92 Å². The van der Waals surface area contributed by atoms with E-state index in [9.17, 15) is 14.4 Å². The number of aromatic amines is 2. The number of rotatable bonds is 3. The minimum Gasteiger partial charge on any atom is -0.323 e. The summed E-state index contributed by atoms with van der Waals surface area (Å²) in [6, 6.07) is 8.38. The maximum Gasteiger partial charge on any atom is 0.329 e. The fourth-order valence-electron chi connectivity index (χ4n) is 2.77. The number of nitrogens with zero attached hydrogens (tertiary/aromatic N) is 3. The third-order valence-electron chi connectivity index (χ3n) is 4.08. The second kappa shape index (κ2) is 5.96. The number of pyridine rings is 1. The number of hydrogen-bond donors (Lipinski definition) is 3. The van der Waals surface area contributed by atoms with Crippen LogP contribution in [-0.4, -0.2) is 30.6 Å². The van der Waals surface area contributed by atoms with Gasteiger partial charge in [0.1, 0.15) is 6.54 Å². The predicted molar refractivity (Wildman–Crippen MR) is 96.1 cm³/mol. The first kappa shape index (κ1) is 15.8. The van der Waals surface area contributed by atoms with E-state index >= 15 is 0 Å². The van der Waals surface area contributed by atoms with E-state index in [1.54, 1.807) is 30.3 Å². The Hall–Kier alpha value is -3.75. The highest BCUT2D eigenvalue weighted by molar-refractivity contribution is 5.93. The molecule has 0 bridgehead atoms. The van der Waals surface area contributed by atoms with E-state index in [1.165, 1.54) is 6.20 Å². The molecule has 130 valence electrons. The maximum atomic E-state index is 12.5. The number of nitrogens with one attached hydrogen (secondary N) is 3. The predicted octanol–water partition coefficient (Wildman–Crippen LogP) is 0.908. The van der Waals surface area contributed by atoms with E-state index in [-0.39, 0.29) is 0 Å². The van der Waals surface area contributed by atoms with E-state index in [0.717, 1.165) is 15.6 Å². The van der Waals surface area contributed by atoms with Crippen LogP contribution < -0.4 is 16.6 Å². The number of carbonyl (C=O) groups excluding carboxylic acids is 1.